The standard InChI is InChI=1S/C15H30N2O3/c1-12(2)10-13(4-9-18)11-17-14(19)15(20-3)5-7-16-8-6-15/h12-13,16,18H,4-11H2,1-3H3,(H,17,19). The minimum absolute atomic E-state index is 0.00630. The summed E-state index contributed by atoms with van der Waals surface area (Å²) in [6.07, 6.45) is 3.18. The lowest BCUT2D eigenvalue weighted by Crippen LogP contribution is -2.54. The lowest BCUT2D eigenvalue weighted by Gasteiger charge is -2.35. The number of nitrogens with one attached hydrogen (secondary N) is 2. The molecule has 1 saturated heterocycles. The Bertz CT molecular complexity index is 289. The number of aliphatic hydroxyl groups is 1. The molecule has 0 radical (unpaired) electrons. The first-order valence-corrected chi connectivity index (χ1v) is 7.69. The Morgan fingerprint density at radius 1 is 1.40 bits per heavy atom. The lowest BCUT2D eigenvalue weighted by molar-refractivity contribution is -0.146. The predicted molar refractivity (Wildman–Crippen MR) is 79.5 cm³/mol. The largest absolute Gasteiger partial charge is 0.396 e. The molecular formula is C15H30N2O3. The van der Waals surface area contributed by atoms with Crippen molar-refractivity contribution in [3.05, 3.63) is 0 Å². The first-order chi connectivity index (χ1) is 9.54. The van der Waals surface area contributed by atoms with Gasteiger partial charge in [0, 0.05) is 20.3 Å². The van der Waals surface area contributed by atoms with Gasteiger partial charge in [0.2, 0.25) is 0 Å². The maximum absolute atomic E-state index is 12.4. The highest BCUT2D eigenvalue weighted by molar-refractivity contribution is 5.85. The van der Waals surface area contributed by atoms with Crippen LogP contribution in [0, 0.1) is 11.8 Å². The van der Waals surface area contributed by atoms with Gasteiger partial charge in [0.1, 0.15) is 5.60 Å². The molecule has 20 heavy (non-hydrogen) atoms. The van der Waals surface area contributed by atoms with E-state index in [1.807, 2.05) is 0 Å². The molecule has 5 nitrogen and oxygen atoms in total. The van der Waals surface area contributed by atoms with Gasteiger partial charge in [0.25, 0.3) is 5.91 Å². The molecule has 0 aromatic carbocycles. The van der Waals surface area contributed by atoms with Gasteiger partial charge in [0.15, 0.2) is 0 Å². The van der Waals surface area contributed by atoms with Crippen LogP contribution in [0.2, 0.25) is 0 Å². The fourth-order valence-corrected chi connectivity index (χ4v) is 2.91. The van der Waals surface area contributed by atoms with Crippen molar-refractivity contribution in [3.63, 3.8) is 0 Å². The number of carbonyl (C=O) groups is 1. The highest BCUT2D eigenvalue weighted by Crippen LogP contribution is 2.23. The smallest absolute Gasteiger partial charge is 0.252 e. The van der Waals surface area contributed by atoms with Crippen LogP contribution < -0.4 is 10.6 Å². The van der Waals surface area contributed by atoms with Crippen molar-refractivity contribution < 1.29 is 14.6 Å². The van der Waals surface area contributed by atoms with E-state index in [1.54, 1.807) is 7.11 Å². The van der Waals surface area contributed by atoms with Crippen LogP contribution in [-0.4, -0.2) is 50.0 Å². The van der Waals surface area contributed by atoms with Gasteiger partial charge in [-0.25, -0.2) is 0 Å². The normalized spacial score (nSPS) is 19.9. The Morgan fingerprint density at radius 3 is 2.55 bits per heavy atom. The Kier molecular flexibility index (Phi) is 7.48. The van der Waals surface area contributed by atoms with Gasteiger partial charge >= 0.3 is 0 Å². The first kappa shape index (κ1) is 17.4. The van der Waals surface area contributed by atoms with Crippen LogP contribution >= 0.6 is 0 Å². The van der Waals surface area contributed by atoms with Crippen LogP contribution in [0.15, 0.2) is 0 Å². The second-order valence-electron chi connectivity index (χ2n) is 6.17. The summed E-state index contributed by atoms with van der Waals surface area (Å²) < 4.78 is 5.51. The van der Waals surface area contributed by atoms with Crippen LogP contribution in [0.3, 0.4) is 0 Å². The number of hydrogen-bond donors (Lipinski definition) is 3. The fourth-order valence-electron chi connectivity index (χ4n) is 2.91. The van der Waals surface area contributed by atoms with Gasteiger partial charge in [0.05, 0.1) is 0 Å². The van der Waals surface area contributed by atoms with Crippen LogP contribution in [0.4, 0.5) is 0 Å². The summed E-state index contributed by atoms with van der Waals surface area (Å²) in [5.41, 5.74) is -0.674. The number of aliphatic hydroxyl groups excluding tert-OH is 1. The summed E-state index contributed by atoms with van der Waals surface area (Å²) in [7, 11) is 1.62. The molecule has 1 heterocycles. The average molecular weight is 286 g/mol. The number of hydrogen-bond acceptors (Lipinski definition) is 4. The molecular weight excluding hydrogens is 256 g/mol. The molecule has 0 aromatic heterocycles. The van der Waals surface area contributed by atoms with E-state index < -0.39 is 5.60 Å². The number of methoxy groups -OCH3 is 1. The molecule has 0 bridgehead atoms. The van der Waals surface area contributed by atoms with Crippen LogP contribution in [0.1, 0.15) is 39.5 Å². The summed E-state index contributed by atoms with van der Waals surface area (Å²) in [6.45, 7) is 6.74. The summed E-state index contributed by atoms with van der Waals surface area (Å²) in [5.74, 6) is 0.895. The molecule has 0 spiro atoms. The Hall–Kier alpha value is -0.650. The van der Waals surface area contributed by atoms with Crippen molar-refractivity contribution in [2.24, 2.45) is 11.8 Å². The number of ether oxygens (including phenoxy) is 1. The molecule has 1 rings (SSSR count). The minimum atomic E-state index is -0.674. The number of rotatable bonds is 8. The molecule has 0 aliphatic carbocycles. The molecule has 1 unspecified atom stereocenters. The molecule has 118 valence electrons. The van der Waals surface area contributed by atoms with Crippen molar-refractivity contribution >= 4 is 5.91 Å². The number of amides is 1. The van der Waals surface area contributed by atoms with Gasteiger partial charge in [-0.1, -0.05) is 13.8 Å². The average Bonchev–Trinajstić information content (AvgIpc) is 2.44. The van der Waals surface area contributed by atoms with Gasteiger partial charge < -0.3 is 20.5 Å². The Labute approximate surface area is 122 Å². The minimum Gasteiger partial charge on any atom is -0.396 e. The van der Waals surface area contributed by atoms with E-state index in [4.69, 9.17) is 9.84 Å². The second kappa shape index (κ2) is 8.60. The molecule has 0 saturated carbocycles. The molecule has 1 atom stereocenters. The fraction of sp³-hybridized carbons (Fsp3) is 0.933. The van der Waals surface area contributed by atoms with Crippen LogP contribution in [0.25, 0.3) is 0 Å². The monoisotopic (exact) mass is 286 g/mol. The Morgan fingerprint density at radius 2 is 2.05 bits per heavy atom. The molecule has 1 fully saturated rings. The van der Waals surface area contributed by atoms with Crippen molar-refractivity contribution in [2.75, 3.05) is 33.4 Å². The molecule has 1 aliphatic rings. The van der Waals surface area contributed by atoms with E-state index in [0.717, 1.165) is 25.9 Å². The third kappa shape index (κ3) is 5.04. The molecule has 5 heteroatoms. The molecule has 3 N–H and O–H groups in total. The quantitative estimate of drug-likeness (QED) is 0.620. The highest BCUT2D eigenvalue weighted by Gasteiger charge is 2.39. The Balaban J connectivity index is 2.50. The van der Waals surface area contributed by atoms with E-state index in [9.17, 15) is 4.79 Å². The SMILES string of the molecule is COC1(C(=O)NCC(CCO)CC(C)C)CCNCC1. The number of piperidine rings is 1. The van der Waals surface area contributed by atoms with Gasteiger partial charge in [-0.3, -0.25) is 4.79 Å². The van der Waals surface area contributed by atoms with Gasteiger partial charge in [-0.15, -0.1) is 0 Å². The summed E-state index contributed by atoms with van der Waals surface area (Å²) in [4.78, 5) is 12.4. The zero-order valence-corrected chi connectivity index (χ0v) is 13.1. The summed E-state index contributed by atoms with van der Waals surface area (Å²) >= 11 is 0. The number of carbonyl (C=O) groups excluding carboxylic acids is 1. The topological polar surface area (TPSA) is 70.6 Å². The van der Waals surface area contributed by atoms with E-state index in [0.29, 0.717) is 31.2 Å². The van der Waals surface area contributed by atoms with Crippen LogP contribution in [-0.2, 0) is 9.53 Å². The highest BCUT2D eigenvalue weighted by atomic mass is 16.5. The van der Waals surface area contributed by atoms with E-state index in [1.165, 1.54) is 0 Å². The lowest BCUT2D eigenvalue weighted by atomic mass is 9.90. The summed E-state index contributed by atoms with van der Waals surface area (Å²) in [5, 5.41) is 15.4. The third-order valence-electron chi connectivity index (χ3n) is 4.11. The van der Waals surface area contributed by atoms with E-state index >= 15 is 0 Å². The zero-order valence-electron chi connectivity index (χ0n) is 13.1. The van der Waals surface area contributed by atoms with E-state index in [-0.39, 0.29) is 12.5 Å². The third-order valence-corrected chi connectivity index (χ3v) is 4.11. The zero-order chi connectivity index (χ0) is 15.0. The van der Waals surface area contributed by atoms with Crippen molar-refractivity contribution in [1.29, 1.82) is 0 Å². The van der Waals surface area contributed by atoms with E-state index in [2.05, 4.69) is 24.5 Å². The van der Waals surface area contributed by atoms with Gasteiger partial charge in [-0.2, -0.15) is 0 Å². The molecule has 1 amide bonds. The van der Waals surface area contributed by atoms with Gasteiger partial charge in [-0.05, 0) is 50.6 Å². The summed E-state index contributed by atoms with van der Waals surface area (Å²) in [6, 6.07) is 0. The van der Waals surface area contributed by atoms with Crippen LogP contribution in [0.5, 0.6) is 0 Å². The van der Waals surface area contributed by atoms with Crippen molar-refractivity contribution in [2.45, 2.75) is 45.1 Å². The second-order valence-corrected chi connectivity index (χ2v) is 6.17. The molecule has 1 aliphatic heterocycles. The van der Waals surface area contributed by atoms with Crippen molar-refractivity contribution in [3.8, 4) is 0 Å². The maximum atomic E-state index is 12.4. The maximum Gasteiger partial charge on any atom is 0.252 e. The molecule has 0 aromatic rings. The van der Waals surface area contributed by atoms with Crippen molar-refractivity contribution in [1.82, 2.24) is 10.6 Å². The predicted octanol–water partition coefficient (Wildman–Crippen LogP) is 0.916. The first-order valence-electron chi connectivity index (χ1n) is 7.69.